The average molecular weight is 292 g/mol. The van der Waals surface area contributed by atoms with Gasteiger partial charge in [0.1, 0.15) is 0 Å². The number of anilines is 2. The van der Waals surface area contributed by atoms with Gasteiger partial charge in [0, 0.05) is 18.0 Å². The minimum Gasteiger partial charge on any atom is -0.380 e. The molecule has 2 aromatic rings. The number of carbonyl (C=O) groups is 1. The van der Waals surface area contributed by atoms with Crippen molar-refractivity contribution >= 4 is 28.9 Å². The van der Waals surface area contributed by atoms with Crippen molar-refractivity contribution in [3.05, 3.63) is 59.7 Å². The quantitative estimate of drug-likeness (QED) is 0.806. The van der Waals surface area contributed by atoms with Gasteiger partial charge in [0.15, 0.2) is 0 Å². The molecule has 3 rings (SSSR count). The van der Waals surface area contributed by atoms with E-state index in [9.17, 15) is 4.79 Å². The Balaban J connectivity index is 2.03. The van der Waals surface area contributed by atoms with Crippen LogP contribution in [0.25, 0.3) is 11.6 Å². The highest BCUT2D eigenvalue weighted by atomic mass is 16.1. The van der Waals surface area contributed by atoms with Crippen molar-refractivity contribution in [1.82, 2.24) is 0 Å². The van der Waals surface area contributed by atoms with E-state index < -0.39 is 0 Å². The van der Waals surface area contributed by atoms with E-state index in [1.54, 1.807) is 0 Å². The first-order valence-corrected chi connectivity index (χ1v) is 7.56. The van der Waals surface area contributed by atoms with Crippen molar-refractivity contribution in [2.24, 2.45) is 0 Å². The van der Waals surface area contributed by atoms with Crippen LogP contribution in [0.1, 0.15) is 31.4 Å². The first-order chi connectivity index (χ1) is 10.6. The molecule has 1 amide bonds. The van der Waals surface area contributed by atoms with Gasteiger partial charge >= 0.3 is 0 Å². The van der Waals surface area contributed by atoms with Crippen molar-refractivity contribution in [1.29, 1.82) is 0 Å². The topological polar surface area (TPSA) is 41.1 Å². The summed E-state index contributed by atoms with van der Waals surface area (Å²) >= 11 is 0. The molecule has 0 bridgehead atoms. The number of amides is 1. The van der Waals surface area contributed by atoms with Crippen molar-refractivity contribution < 1.29 is 4.79 Å². The molecule has 0 fully saturated rings. The Labute approximate surface area is 131 Å². The van der Waals surface area contributed by atoms with Gasteiger partial charge in [-0.3, -0.25) is 4.79 Å². The summed E-state index contributed by atoms with van der Waals surface area (Å²) in [6, 6.07) is 16.4. The van der Waals surface area contributed by atoms with Crippen LogP contribution in [0, 0.1) is 0 Å². The van der Waals surface area contributed by atoms with Crippen LogP contribution in [0.3, 0.4) is 0 Å². The van der Waals surface area contributed by atoms with Crippen molar-refractivity contribution in [2.45, 2.75) is 26.3 Å². The van der Waals surface area contributed by atoms with Gasteiger partial charge in [-0.25, -0.2) is 0 Å². The third-order valence-electron chi connectivity index (χ3n) is 3.83. The number of fused-ring (bicyclic) bond motifs is 1. The van der Waals surface area contributed by atoms with Gasteiger partial charge in [-0.1, -0.05) is 48.5 Å². The Bertz CT molecular complexity index is 719. The molecule has 0 aromatic heterocycles. The number of hydrogen-bond acceptors (Lipinski definition) is 2. The van der Waals surface area contributed by atoms with E-state index in [1.165, 1.54) is 11.1 Å². The summed E-state index contributed by atoms with van der Waals surface area (Å²) in [6.45, 7) is 4.13. The molecule has 3 heteroatoms. The summed E-state index contributed by atoms with van der Waals surface area (Å²) in [4.78, 5) is 11.9. The summed E-state index contributed by atoms with van der Waals surface area (Å²) in [5.41, 5.74) is 5.32. The van der Waals surface area contributed by atoms with Crippen LogP contribution in [0.2, 0.25) is 0 Å². The van der Waals surface area contributed by atoms with Crippen LogP contribution >= 0.6 is 0 Å². The van der Waals surface area contributed by atoms with Crippen molar-refractivity contribution in [2.75, 3.05) is 10.6 Å². The van der Waals surface area contributed by atoms with Gasteiger partial charge in [0.05, 0.1) is 11.4 Å². The third kappa shape index (κ3) is 3.03. The molecule has 0 spiro atoms. The first-order valence-electron chi connectivity index (χ1n) is 7.56. The smallest absolute Gasteiger partial charge is 0.226 e. The second-order valence-corrected chi connectivity index (χ2v) is 5.76. The Hall–Kier alpha value is -2.55. The fourth-order valence-electron chi connectivity index (χ4n) is 2.79. The maximum absolute atomic E-state index is 11.9. The van der Waals surface area contributed by atoms with Crippen LogP contribution in [0.4, 0.5) is 11.4 Å². The molecule has 112 valence electrons. The van der Waals surface area contributed by atoms with Gasteiger partial charge in [0.25, 0.3) is 0 Å². The molecule has 1 atom stereocenters. The molecule has 0 saturated carbocycles. The zero-order chi connectivity index (χ0) is 15.5. The Morgan fingerprint density at radius 2 is 1.91 bits per heavy atom. The fraction of sp³-hybridized carbons (Fsp3) is 0.211. The minimum atomic E-state index is 0.0561. The monoisotopic (exact) mass is 292 g/mol. The molecule has 1 heterocycles. The van der Waals surface area contributed by atoms with Crippen LogP contribution in [-0.4, -0.2) is 11.9 Å². The number of benzene rings is 2. The molecule has 1 aliphatic heterocycles. The molecule has 0 unspecified atom stereocenters. The van der Waals surface area contributed by atoms with Crippen LogP contribution in [-0.2, 0) is 4.79 Å². The number of allylic oxidation sites excluding steroid dienone is 1. The lowest BCUT2D eigenvalue weighted by Crippen LogP contribution is -2.19. The lowest BCUT2D eigenvalue weighted by Gasteiger charge is -2.17. The predicted molar refractivity (Wildman–Crippen MR) is 92.8 cm³/mol. The highest BCUT2D eigenvalue weighted by Crippen LogP contribution is 2.34. The van der Waals surface area contributed by atoms with Crippen molar-refractivity contribution in [3.8, 4) is 0 Å². The second kappa shape index (κ2) is 6.06. The largest absolute Gasteiger partial charge is 0.380 e. The standard InChI is InChI=1S/C19H20N2O/c1-13(11-15-7-4-3-5-8-15)16-9-6-10-17-19(16)20-14(2)12-18(22)21-17/h3-11,14,20H,12H2,1-2H3,(H,21,22)/b13-11+/t14-/m1/s1. The molecular weight excluding hydrogens is 272 g/mol. The number of rotatable bonds is 2. The lowest BCUT2D eigenvalue weighted by molar-refractivity contribution is -0.116. The maximum atomic E-state index is 11.9. The summed E-state index contributed by atoms with van der Waals surface area (Å²) in [5.74, 6) is 0.0561. The van der Waals surface area contributed by atoms with Gasteiger partial charge < -0.3 is 10.6 Å². The fourth-order valence-corrected chi connectivity index (χ4v) is 2.79. The first kappa shape index (κ1) is 14.4. The Kier molecular flexibility index (Phi) is 3.96. The number of nitrogens with one attached hydrogen (secondary N) is 2. The summed E-state index contributed by atoms with van der Waals surface area (Å²) in [5, 5.41) is 6.45. The van der Waals surface area contributed by atoms with E-state index in [4.69, 9.17) is 0 Å². The lowest BCUT2D eigenvalue weighted by atomic mass is 10.0. The van der Waals surface area contributed by atoms with Crippen LogP contribution in [0.15, 0.2) is 48.5 Å². The molecular formula is C19H20N2O. The number of para-hydroxylation sites is 1. The molecule has 1 aliphatic rings. The molecule has 2 aromatic carbocycles. The van der Waals surface area contributed by atoms with Crippen LogP contribution < -0.4 is 10.6 Å². The number of carbonyl (C=O) groups excluding carboxylic acids is 1. The van der Waals surface area contributed by atoms with Crippen LogP contribution in [0.5, 0.6) is 0 Å². The van der Waals surface area contributed by atoms with Gasteiger partial charge in [0.2, 0.25) is 5.91 Å². The number of hydrogen-bond donors (Lipinski definition) is 2. The van der Waals surface area contributed by atoms with E-state index in [0.29, 0.717) is 6.42 Å². The predicted octanol–water partition coefficient (Wildman–Crippen LogP) is 4.39. The highest BCUT2D eigenvalue weighted by molar-refractivity contribution is 6.00. The zero-order valence-electron chi connectivity index (χ0n) is 12.9. The summed E-state index contributed by atoms with van der Waals surface area (Å²) in [6.07, 6.45) is 2.64. The summed E-state index contributed by atoms with van der Waals surface area (Å²) in [7, 11) is 0. The molecule has 0 aliphatic carbocycles. The third-order valence-corrected chi connectivity index (χ3v) is 3.83. The second-order valence-electron chi connectivity index (χ2n) is 5.76. The Morgan fingerprint density at radius 1 is 1.14 bits per heavy atom. The Morgan fingerprint density at radius 3 is 2.68 bits per heavy atom. The van der Waals surface area contributed by atoms with E-state index in [0.717, 1.165) is 16.9 Å². The van der Waals surface area contributed by atoms with E-state index >= 15 is 0 Å². The average Bonchev–Trinajstić information content (AvgIpc) is 2.64. The molecule has 22 heavy (non-hydrogen) atoms. The SMILES string of the molecule is C/C(=C\c1ccccc1)c1cccc2c1N[C@H](C)CC(=O)N2. The summed E-state index contributed by atoms with van der Waals surface area (Å²) < 4.78 is 0. The normalized spacial score (nSPS) is 18.0. The highest BCUT2D eigenvalue weighted by Gasteiger charge is 2.19. The van der Waals surface area contributed by atoms with E-state index in [-0.39, 0.29) is 11.9 Å². The van der Waals surface area contributed by atoms with Gasteiger partial charge in [-0.05, 0) is 31.1 Å². The molecule has 3 nitrogen and oxygen atoms in total. The molecule has 2 N–H and O–H groups in total. The maximum Gasteiger partial charge on any atom is 0.226 e. The van der Waals surface area contributed by atoms with Gasteiger partial charge in [-0.2, -0.15) is 0 Å². The van der Waals surface area contributed by atoms with Crippen molar-refractivity contribution in [3.63, 3.8) is 0 Å². The molecule has 0 radical (unpaired) electrons. The van der Waals surface area contributed by atoms with E-state index in [1.807, 2.05) is 37.3 Å². The van der Waals surface area contributed by atoms with E-state index in [2.05, 4.69) is 41.8 Å². The minimum absolute atomic E-state index is 0.0561. The van der Waals surface area contributed by atoms with Gasteiger partial charge in [-0.15, -0.1) is 0 Å². The molecule has 0 saturated heterocycles. The zero-order valence-corrected chi connectivity index (χ0v) is 12.9.